The number of benzene rings is 1. The second-order valence-electron chi connectivity index (χ2n) is 5.26. The lowest BCUT2D eigenvalue weighted by atomic mass is 10.0. The average Bonchev–Trinajstić information content (AvgIpc) is 2.21. The normalized spacial score (nSPS) is 11.6. The van der Waals surface area contributed by atoms with E-state index in [1.54, 1.807) is 0 Å². The van der Waals surface area contributed by atoms with Crippen molar-refractivity contribution in [2.45, 2.75) is 33.2 Å². The molecule has 0 unspecified atom stereocenters. The molecule has 0 aliphatic rings. The van der Waals surface area contributed by atoms with E-state index in [1.165, 1.54) is 16.8 Å². The summed E-state index contributed by atoms with van der Waals surface area (Å²) in [5.41, 5.74) is 4.12. The van der Waals surface area contributed by atoms with Gasteiger partial charge in [-0.3, -0.25) is 0 Å². The van der Waals surface area contributed by atoms with Crippen LogP contribution in [0.3, 0.4) is 0 Å². The summed E-state index contributed by atoms with van der Waals surface area (Å²) in [6, 6.07) is 6.63. The topological polar surface area (TPSA) is 15.3 Å². The van der Waals surface area contributed by atoms with Gasteiger partial charge < -0.3 is 10.2 Å². The molecule has 0 atom stereocenters. The van der Waals surface area contributed by atoms with Gasteiger partial charge in [-0.2, -0.15) is 0 Å². The fourth-order valence-electron chi connectivity index (χ4n) is 1.73. The molecule has 2 nitrogen and oxygen atoms in total. The molecule has 0 fully saturated rings. The lowest BCUT2D eigenvalue weighted by Crippen LogP contribution is -2.46. The minimum absolute atomic E-state index is 0.132. The summed E-state index contributed by atoms with van der Waals surface area (Å²) < 4.78 is 0. The maximum Gasteiger partial charge on any atom is 0.0367 e. The Morgan fingerprint density at radius 1 is 1.19 bits per heavy atom. The summed E-state index contributed by atoms with van der Waals surface area (Å²) in [6.07, 6.45) is 0. The number of aryl methyl sites for hydroxylation is 2. The molecule has 0 aliphatic carbocycles. The molecule has 2 heteroatoms. The second-order valence-corrected chi connectivity index (χ2v) is 5.26. The Labute approximate surface area is 99.7 Å². The van der Waals surface area contributed by atoms with E-state index in [0.29, 0.717) is 0 Å². The third-order valence-corrected chi connectivity index (χ3v) is 3.24. The number of hydrogen-bond acceptors (Lipinski definition) is 2. The summed E-state index contributed by atoms with van der Waals surface area (Å²) in [4.78, 5) is 2.29. The Morgan fingerprint density at radius 3 is 2.31 bits per heavy atom. The van der Waals surface area contributed by atoms with Crippen LogP contribution in [0.1, 0.15) is 25.0 Å². The molecule has 1 rings (SSSR count). The SMILES string of the molecule is CNC(C)(C)CN(C)c1ccc(C)c(C)c1. The van der Waals surface area contributed by atoms with Crippen LogP contribution in [0.2, 0.25) is 0 Å². The van der Waals surface area contributed by atoms with Crippen molar-refractivity contribution in [2.75, 3.05) is 25.5 Å². The Balaban J connectivity index is 2.81. The molecule has 0 saturated heterocycles. The number of hydrogen-bond donors (Lipinski definition) is 1. The van der Waals surface area contributed by atoms with Crippen molar-refractivity contribution in [2.24, 2.45) is 0 Å². The number of anilines is 1. The molecule has 1 aromatic rings. The zero-order valence-corrected chi connectivity index (χ0v) is 11.4. The minimum atomic E-state index is 0.132. The summed E-state index contributed by atoms with van der Waals surface area (Å²) in [6.45, 7) is 9.73. The van der Waals surface area contributed by atoms with Gasteiger partial charge in [0, 0.05) is 24.8 Å². The first kappa shape index (κ1) is 13.0. The minimum Gasteiger partial charge on any atom is -0.373 e. The zero-order valence-electron chi connectivity index (χ0n) is 11.4. The average molecular weight is 220 g/mol. The maximum absolute atomic E-state index is 3.33. The summed E-state index contributed by atoms with van der Waals surface area (Å²) in [5.74, 6) is 0. The molecule has 0 aromatic heterocycles. The highest BCUT2D eigenvalue weighted by molar-refractivity contribution is 5.50. The predicted molar refractivity (Wildman–Crippen MR) is 72.3 cm³/mol. The van der Waals surface area contributed by atoms with Crippen LogP contribution in [0.15, 0.2) is 18.2 Å². The molecular formula is C14H24N2. The van der Waals surface area contributed by atoms with Crippen molar-refractivity contribution in [1.82, 2.24) is 5.32 Å². The van der Waals surface area contributed by atoms with Crippen molar-refractivity contribution in [3.63, 3.8) is 0 Å². The van der Waals surface area contributed by atoms with Crippen LogP contribution >= 0.6 is 0 Å². The monoisotopic (exact) mass is 220 g/mol. The molecular weight excluding hydrogens is 196 g/mol. The molecule has 0 heterocycles. The highest BCUT2D eigenvalue weighted by Gasteiger charge is 2.17. The maximum atomic E-state index is 3.33. The Bertz CT molecular complexity index is 356. The van der Waals surface area contributed by atoms with E-state index in [0.717, 1.165) is 6.54 Å². The number of nitrogens with zero attached hydrogens (tertiary/aromatic N) is 1. The van der Waals surface area contributed by atoms with Gasteiger partial charge in [0.2, 0.25) is 0 Å². The van der Waals surface area contributed by atoms with Crippen molar-refractivity contribution in [3.8, 4) is 0 Å². The van der Waals surface area contributed by atoms with Crippen molar-refractivity contribution < 1.29 is 0 Å². The highest BCUT2D eigenvalue weighted by atomic mass is 15.1. The molecule has 16 heavy (non-hydrogen) atoms. The van der Waals surface area contributed by atoms with Crippen molar-refractivity contribution in [3.05, 3.63) is 29.3 Å². The standard InChI is InChI=1S/C14H24N2/c1-11-7-8-13(9-12(11)2)16(6)10-14(3,4)15-5/h7-9,15H,10H2,1-6H3. The van der Waals surface area contributed by atoms with Crippen LogP contribution in [0.25, 0.3) is 0 Å². The van der Waals surface area contributed by atoms with E-state index in [9.17, 15) is 0 Å². The van der Waals surface area contributed by atoms with Gasteiger partial charge >= 0.3 is 0 Å². The largest absolute Gasteiger partial charge is 0.373 e. The van der Waals surface area contributed by atoms with E-state index >= 15 is 0 Å². The third-order valence-electron chi connectivity index (χ3n) is 3.24. The van der Waals surface area contributed by atoms with Gasteiger partial charge in [-0.25, -0.2) is 0 Å². The molecule has 0 saturated carbocycles. The number of likely N-dealkylation sites (N-methyl/N-ethyl adjacent to an activating group) is 2. The quantitative estimate of drug-likeness (QED) is 0.839. The van der Waals surface area contributed by atoms with Gasteiger partial charge in [-0.1, -0.05) is 6.07 Å². The summed E-state index contributed by atoms with van der Waals surface area (Å²) in [5, 5.41) is 3.33. The number of rotatable bonds is 4. The Hall–Kier alpha value is -1.02. The van der Waals surface area contributed by atoms with E-state index in [4.69, 9.17) is 0 Å². The van der Waals surface area contributed by atoms with Gasteiger partial charge in [0.25, 0.3) is 0 Å². The van der Waals surface area contributed by atoms with Crippen LogP contribution in [0.5, 0.6) is 0 Å². The molecule has 0 bridgehead atoms. The first-order valence-corrected chi connectivity index (χ1v) is 5.83. The van der Waals surface area contributed by atoms with Crippen LogP contribution in [-0.4, -0.2) is 26.2 Å². The lowest BCUT2D eigenvalue weighted by Gasteiger charge is -2.31. The van der Waals surface area contributed by atoms with E-state index in [1.807, 2.05) is 7.05 Å². The van der Waals surface area contributed by atoms with Gasteiger partial charge in [-0.05, 0) is 58.0 Å². The fraction of sp³-hybridized carbons (Fsp3) is 0.571. The predicted octanol–water partition coefficient (Wildman–Crippen LogP) is 2.74. The van der Waals surface area contributed by atoms with E-state index in [2.05, 4.69) is 63.2 Å². The molecule has 1 N–H and O–H groups in total. The van der Waals surface area contributed by atoms with Crippen LogP contribution in [-0.2, 0) is 0 Å². The van der Waals surface area contributed by atoms with E-state index in [-0.39, 0.29) is 5.54 Å². The molecule has 0 spiro atoms. The van der Waals surface area contributed by atoms with Gasteiger partial charge in [0.1, 0.15) is 0 Å². The molecule has 90 valence electrons. The van der Waals surface area contributed by atoms with Crippen molar-refractivity contribution >= 4 is 5.69 Å². The molecule has 0 amide bonds. The van der Waals surface area contributed by atoms with Crippen LogP contribution in [0.4, 0.5) is 5.69 Å². The smallest absolute Gasteiger partial charge is 0.0367 e. The molecule has 0 aliphatic heterocycles. The molecule has 0 radical (unpaired) electrons. The number of nitrogens with one attached hydrogen (secondary N) is 1. The summed E-state index contributed by atoms with van der Waals surface area (Å²) in [7, 11) is 4.15. The van der Waals surface area contributed by atoms with Crippen LogP contribution < -0.4 is 10.2 Å². The fourth-order valence-corrected chi connectivity index (χ4v) is 1.73. The zero-order chi connectivity index (χ0) is 12.3. The summed E-state index contributed by atoms with van der Waals surface area (Å²) >= 11 is 0. The Morgan fingerprint density at radius 2 is 1.81 bits per heavy atom. The third kappa shape index (κ3) is 3.24. The molecule has 1 aromatic carbocycles. The van der Waals surface area contributed by atoms with E-state index < -0.39 is 0 Å². The second kappa shape index (κ2) is 4.88. The first-order valence-electron chi connectivity index (χ1n) is 5.83. The lowest BCUT2D eigenvalue weighted by molar-refractivity contribution is 0.428. The first-order chi connectivity index (χ1) is 7.35. The van der Waals surface area contributed by atoms with Gasteiger partial charge in [-0.15, -0.1) is 0 Å². The van der Waals surface area contributed by atoms with Crippen LogP contribution in [0, 0.1) is 13.8 Å². The van der Waals surface area contributed by atoms with Crippen molar-refractivity contribution in [1.29, 1.82) is 0 Å². The Kier molecular flexibility index (Phi) is 3.98. The van der Waals surface area contributed by atoms with Gasteiger partial charge in [0.15, 0.2) is 0 Å². The highest BCUT2D eigenvalue weighted by Crippen LogP contribution is 2.19. The van der Waals surface area contributed by atoms with Gasteiger partial charge in [0.05, 0.1) is 0 Å².